The molecule has 1 saturated heterocycles. The molecule has 0 aromatic heterocycles. The van der Waals surface area contributed by atoms with Gasteiger partial charge in [0, 0.05) is 13.2 Å². The summed E-state index contributed by atoms with van der Waals surface area (Å²) in [7, 11) is 3.44. The van der Waals surface area contributed by atoms with Gasteiger partial charge in [-0.25, -0.2) is 0 Å². The molecule has 1 heterocycles. The van der Waals surface area contributed by atoms with Crippen LogP contribution in [0.5, 0.6) is 0 Å². The Morgan fingerprint density at radius 3 is 2.61 bits per heavy atom. The molecule has 2 aliphatic rings. The second-order valence-electron chi connectivity index (χ2n) is 5.17. The summed E-state index contributed by atoms with van der Waals surface area (Å²) in [5.74, 6) is -1.18. The first-order chi connectivity index (χ1) is 8.48. The van der Waals surface area contributed by atoms with Gasteiger partial charge in [0.2, 0.25) is 0 Å². The molecule has 0 spiro atoms. The average Bonchev–Trinajstić information content (AvgIpc) is 2.79. The molecule has 1 saturated carbocycles. The van der Waals surface area contributed by atoms with Crippen molar-refractivity contribution < 1.29 is 23.7 Å². The predicted molar refractivity (Wildman–Crippen MR) is 65.0 cm³/mol. The largest absolute Gasteiger partial charge is 0.469 e. The minimum absolute atomic E-state index is 0.0424. The third kappa shape index (κ3) is 2.54. The first-order valence-electron chi connectivity index (χ1n) is 6.14. The fourth-order valence-corrected chi connectivity index (χ4v) is 2.75. The lowest BCUT2D eigenvalue weighted by atomic mass is 10.1. The smallest absolute Gasteiger partial charge is 0.360 e. The van der Waals surface area contributed by atoms with Gasteiger partial charge in [-0.15, -0.1) is 0 Å². The topological polar surface area (TPSA) is 66.0 Å². The van der Waals surface area contributed by atoms with E-state index in [4.69, 9.17) is 18.9 Å². The lowest BCUT2D eigenvalue weighted by Gasteiger charge is -2.23. The van der Waals surface area contributed by atoms with Crippen LogP contribution in [-0.4, -0.2) is 51.8 Å². The molecule has 0 amide bonds. The molecule has 1 aliphatic heterocycles. The van der Waals surface area contributed by atoms with Crippen LogP contribution in [0, 0.1) is 5.92 Å². The van der Waals surface area contributed by atoms with E-state index in [-0.39, 0.29) is 30.1 Å². The standard InChI is InChI=1S/C11H20BNO5/c1-11(2)17-8-6(10(14)15-3)5-7(9(8)18-11)13-12-16-4/h6-9,12-13H,5H2,1-4H3/t6-,7+,8+,9-/m0/s1. The molecule has 18 heavy (non-hydrogen) atoms. The van der Waals surface area contributed by atoms with Crippen molar-refractivity contribution in [1.29, 1.82) is 0 Å². The van der Waals surface area contributed by atoms with E-state index in [1.807, 2.05) is 13.8 Å². The van der Waals surface area contributed by atoms with Crippen molar-refractivity contribution in [2.75, 3.05) is 14.2 Å². The Morgan fingerprint density at radius 2 is 2.00 bits per heavy atom. The zero-order chi connectivity index (χ0) is 13.3. The summed E-state index contributed by atoms with van der Waals surface area (Å²) in [4.78, 5) is 11.8. The normalized spacial score (nSPS) is 37.3. The van der Waals surface area contributed by atoms with Crippen LogP contribution in [0.25, 0.3) is 0 Å². The van der Waals surface area contributed by atoms with Gasteiger partial charge in [0.15, 0.2) is 5.79 Å². The second kappa shape index (κ2) is 5.17. The van der Waals surface area contributed by atoms with Gasteiger partial charge in [-0.2, -0.15) is 0 Å². The maximum absolute atomic E-state index is 11.8. The minimum Gasteiger partial charge on any atom is -0.469 e. The van der Waals surface area contributed by atoms with Crippen LogP contribution in [0.1, 0.15) is 20.3 Å². The molecule has 7 heteroatoms. The highest BCUT2D eigenvalue weighted by Gasteiger charge is 2.56. The second-order valence-corrected chi connectivity index (χ2v) is 5.17. The summed E-state index contributed by atoms with van der Waals surface area (Å²) < 4.78 is 21.5. The van der Waals surface area contributed by atoms with Crippen molar-refractivity contribution in [3.63, 3.8) is 0 Å². The van der Waals surface area contributed by atoms with E-state index in [2.05, 4.69) is 5.23 Å². The Morgan fingerprint density at radius 1 is 1.33 bits per heavy atom. The molecule has 0 aromatic carbocycles. The third-order valence-corrected chi connectivity index (χ3v) is 3.46. The Bertz CT molecular complexity index is 325. The van der Waals surface area contributed by atoms with Gasteiger partial charge in [0.05, 0.1) is 13.0 Å². The first-order valence-corrected chi connectivity index (χ1v) is 6.14. The molecular weight excluding hydrogens is 237 g/mol. The maximum Gasteiger partial charge on any atom is 0.360 e. The van der Waals surface area contributed by atoms with Gasteiger partial charge in [-0.05, 0) is 20.3 Å². The van der Waals surface area contributed by atoms with Crippen LogP contribution >= 0.6 is 0 Å². The molecule has 0 radical (unpaired) electrons. The van der Waals surface area contributed by atoms with Gasteiger partial charge >= 0.3 is 13.6 Å². The van der Waals surface area contributed by atoms with E-state index in [1.165, 1.54) is 7.11 Å². The maximum atomic E-state index is 11.8. The van der Waals surface area contributed by atoms with Crippen molar-refractivity contribution in [3.8, 4) is 0 Å². The minimum atomic E-state index is -0.658. The van der Waals surface area contributed by atoms with Crippen LogP contribution in [0.3, 0.4) is 0 Å². The van der Waals surface area contributed by atoms with E-state index < -0.39 is 5.79 Å². The molecule has 2 fully saturated rings. The number of fused-ring (bicyclic) bond motifs is 1. The molecule has 4 atom stereocenters. The van der Waals surface area contributed by atoms with Crippen molar-refractivity contribution in [2.45, 2.75) is 44.3 Å². The molecule has 1 N–H and O–H groups in total. The molecule has 2 rings (SSSR count). The highest BCUT2D eigenvalue weighted by molar-refractivity contribution is 6.23. The zero-order valence-electron chi connectivity index (χ0n) is 11.3. The third-order valence-electron chi connectivity index (χ3n) is 3.46. The SMILES string of the molecule is COBN[C@@H]1C[C@H](C(=O)OC)[C@H]2OC(C)(C)O[C@H]21. The first kappa shape index (κ1) is 13.8. The Balaban J connectivity index is 2.10. The van der Waals surface area contributed by atoms with E-state index in [0.717, 1.165) is 0 Å². The number of carbonyl (C=O) groups excluding carboxylic acids is 1. The summed E-state index contributed by atoms with van der Waals surface area (Å²) in [6.45, 7) is 3.71. The molecule has 1 aliphatic carbocycles. The summed E-state index contributed by atoms with van der Waals surface area (Å²) in [6.07, 6.45) is 0.252. The van der Waals surface area contributed by atoms with Gasteiger partial charge in [0.25, 0.3) is 0 Å². The summed E-state index contributed by atoms with van der Waals surface area (Å²) in [6, 6.07) is 0.0424. The quantitative estimate of drug-likeness (QED) is 0.544. The van der Waals surface area contributed by atoms with Gasteiger partial charge in [-0.3, -0.25) is 4.79 Å². The van der Waals surface area contributed by atoms with Crippen molar-refractivity contribution in [3.05, 3.63) is 0 Å². The molecule has 6 nitrogen and oxygen atoms in total. The lowest BCUT2D eigenvalue weighted by Crippen LogP contribution is -2.42. The summed E-state index contributed by atoms with van der Waals surface area (Å²) >= 11 is 0. The van der Waals surface area contributed by atoms with Gasteiger partial charge in [0.1, 0.15) is 12.2 Å². The fraction of sp³-hybridized carbons (Fsp3) is 0.909. The number of carbonyl (C=O) groups is 1. The van der Waals surface area contributed by atoms with Crippen LogP contribution in [-0.2, 0) is 23.7 Å². The monoisotopic (exact) mass is 257 g/mol. The lowest BCUT2D eigenvalue weighted by molar-refractivity contribution is -0.168. The van der Waals surface area contributed by atoms with Crippen molar-refractivity contribution in [2.24, 2.45) is 5.92 Å². The molecular formula is C11H20BNO5. The predicted octanol–water partition coefficient (Wildman–Crippen LogP) is -0.429. The van der Waals surface area contributed by atoms with Crippen LogP contribution < -0.4 is 5.23 Å². The zero-order valence-corrected chi connectivity index (χ0v) is 11.3. The van der Waals surface area contributed by atoms with E-state index in [9.17, 15) is 4.79 Å². The average molecular weight is 257 g/mol. The molecule has 0 aromatic rings. The molecule has 0 bridgehead atoms. The summed E-state index contributed by atoms with van der Waals surface area (Å²) in [5, 5.41) is 3.21. The number of hydrogen-bond donors (Lipinski definition) is 1. The Labute approximate surface area is 108 Å². The number of hydrogen-bond acceptors (Lipinski definition) is 6. The highest BCUT2D eigenvalue weighted by Crippen LogP contribution is 2.41. The van der Waals surface area contributed by atoms with Crippen LogP contribution in [0.4, 0.5) is 0 Å². The number of rotatable bonds is 4. The number of methoxy groups -OCH3 is 1. The van der Waals surface area contributed by atoms with E-state index in [1.54, 1.807) is 7.11 Å². The molecule has 102 valence electrons. The fourth-order valence-electron chi connectivity index (χ4n) is 2.75. The van der Waals surface area contributed by atoms with Crippen LogP contribution in [0.2, 0.25) is 0 Å². The van der Waals surface area contributed by atoms with Crippen molar-refractivity contribution in [1.82, 2.24) is 5.23 Å². The van der Waals surface area contributed by atoms with Crippen molar-refractivity contribution >= 4 is 13.6 Å². The summed E-state index contributed by atoms with van der Waals surface area (Å²) in [5.41, 5.74) is 0. The van der Waals surface area contributed by atoms with E-state index in [0.29, 0.717) is 14.0 Å². The number of ether oxygens (including phenoxy) is 3. The Kier molecular flexibility index (Phi) is 3.96. The van der Waals surface area contributed by atoms with E-state index >= 15 is 0 Å². The highest BCUT2D eigenvalue weighted by atomic mass is 16.8. The number of esters is 1. The van der Waals surface area contributed by atoms with Gasteiger partial charge in [-0.1, -0.05) is 0 Å². The Hall–Kier alpha value is -0.625. The van der Waals surface area contributed by atoms with Crippen LogP contribution in [0.15, 0.2) is 0 Å². The molecule has 0 unspecified atom stereocenters. The van der Waals surface area contributed by atoms with Gasteiger partial charge < -0.3 is 24.1 Å². The number of nitrogens with one attached hydrogen (secondary N) is 1.